The molecule has 36 heavy (non-hydrogen) atoms. The molecule has 0 radical (unpaired) electrons. The quantitative estimate of drug-likeness (QED) is 0.278. The van der Waals surface area contributed by atoms with Gasteiger partial charge in [-0.15, -0.1) is 0 Å². The fourth-order valence-corrected chi connectivity index (χ4v) is 4.68. The standard InChI is InChI=1S/C26H27FN4S.CH5N.CH2O/c1-28-26(24-6-3-7-25(27)17-24)30-29-18-20-8-10-22(11-9-20)23-5-2-4-21(16-23)19-31-12-14-32-15-13-31;2*1-2/h2-11,16-17,29H,1,12-15,18-19H2;2H2,1H3;1H2/b30-26-;;. The monoisotopic (exact) mass is 507 g/mol. The third-order valence-electron chi connectivity index (χ3n) is 5.42. The smallest absolute Gasteiger partial charge is 0.178 e. The van der Waals surface area contributed by atoms with E-state index >= 15 is 0 Å². The summed E-state index contributed by atoms with van der Waals surface area (Å²) in [6.07, 6.45) is 0. The number of amidine groups is 1. The summed E-state index contributed by atoms with van der Waals surface area (Å²) < 4.78 is 13.4. The number of hydrogen-bond donors (Lipinski definition) is 2. The molecule has 0 saturated carbocycles. The van der Waals surface area contributed by atoms with Gasteiger partial charge in [0.15, 0.2) is 5.84 Å². The zero-order valence-corrected chi connectivity index (χ0v) is 21.5. The van der Waals surface area contributed by atoms with Gasteiger partial charge in [-0.05, 0) is 54.2 Å². The van der Waals surface area contributed by atoms with Crippen LogP contribution in [0.4, 0.5) is 4.39 Å². The van der Waals surface area contributed by atoms with Gasteiger partial charge in [0.2, 0.25) is 0 Å². The summed E-state index contributed by atoms with van der Waals surface area (Å²) in [6.45, 7) is 9.43. The van der Waals surface area contributed by atoms with E-state index in [1.54, 1.807) is 12.1 Å². The molecule has 1 saturated heterocycles. The lowest BCUT2D eigenvalue weighted by molar-refractivity contribution is -0.0979. The van der Waals surface area contributed by atoms with E-state index in [-0.39, 0.29) is 5.82 Å². The van der Waals surface area contributed by atoms with Gasteiger partial charge >= 0.3 is 0 Å². The molecule has 0 spiro atoms. The van der Waals surface area contributed by atoms with Crippen LogP contribution in [0.15, 0.2) is 82.9 Å². The van der Waals surface area contributed by atoms with Crippen LogP contribution in [0.25, 0.3) is 11.1 Å². The molecule has 0 amide bonds. The van der Waals surface area contributed by atoms with Gasteiger partial charge in [0.25, 0.3) is 0 Å². The van der Waals surface area contributed by atoms with Crippen molar-refractivity contribution in [3.8, 4) is 11.1 Å². The lowest BCUT2D eigenvalue weighted by Gasteiger charge is -2.26. The number of aliphatic imine (C=N–C) groups is 1. The number of halogens is 1. The Balaban J connectivity index is 0.00000109. The van der Waals surface area contributed by atoms with Gasteiger partial charge in [0, 0.05) is 36.7 Å². The van der Waals surface area contributed by atoms with Crippen LogP contribution in [0.3, 0.4) is 0 Å². The zero-order valence-electron chi connectivity index (χ0n) is 20.7. The van der Waals surface area contributed by atoms with E-state index in [9.17, 15) is 4.39 Å². The predicted octanol–water partition coefficient (Wildman–Crippen LogP) is 4.58. The van der Waals surface area contributed by atoms with E-state index in [1.807, 2.05) is 18.6 Å². The normalized spacial score (nSPS) is 13.5. The molecule has 3 N–H and O–H groups in total. The number of nitrogens with two attached hydrogens (primary N) is 1. The van der Waals surface area contributed by atoms with Crippen molar-refractivity contribution in [3.05, 3.63) is 95.3 Å². The van der Waals surface area contributed by atoms with Crippen LogP contribution in [0.2, 0.25) is 0 Å². The first-order valence-electron chi connectivity index (χ1n) is 11.6. The number of nitrogens with zero attached hydrogens (tertiary/aromatic N) is 3. The summed E-state index contributed by atoms with van der Waals surface area (Å²) in [6, 6.07) is 23.4. The molecule has 0 bridgehead atoms. The Morgan fingerprint density at radius 1 is 0.972 bits per heavy atom. The minimum absolute atomic E-state index is 0.326. The van der Waals surface area contributed by atoms with Crippen LogP contribution >= 0.6 is 11.8 Å². The largest absolute Gasteiger partial charge is 0.333 e. The number of hydrazone groups is 1. The Morgan fingerprint density at radius 2 is 1.67 bits per heavy atom. The molecular weight excluding hydrogens is 473 g/mol. The van der Waals surface area contributed by atoms with Gasteiger partial charge in [-0.2, -0.15) is 16.9 Å². The molecule has 1 fully saturated rings. The number of thioether (sulfide) groups is 1. The second-order valence-corrected chi connectivity index (χ2v) is 8.95. The van der Waals surface area contributed by atoms with Crippen molar-refractivity contribution in [3.63, 3.8) is 0 Å². The molecule has 0 atom stereocenters. The van der Waals surface area contributed by atoms with E-state index in [0.29, 0.717) is 17.9 Å². The minimum atomic E-state index is -0.326. The maximum absolute atomic E-state index is 13.4. The molecule has 0 aromatic heterocycles. The molecular formula is C28H34FN5OS. The average Bonchev–Trinajstić information content (AvgIpc) is 2.94. The maximum atomic E-state index is 13.4. The highest BCUT2D eigenvalue weighted by atomic mass is 32.2. The van der Waals surface area contributed by atoms with Gasteiger partial charge in [0.05, 0.1) is 6.54 Å². The third kappa shape index (κ3) is 9.03. The van der Waals surface area contributed by atoms with Crippen LogP contribution in [-0.4, -0.2) is 55.9 Å². The van der Waals surface area contributed by atoms with Crippen molar-refractivity contribution in [2.45, 2.75) is 13.1 Å². The molecule has 190 valence electrons. The van der Waals surface area contributed by atoms with Crippen molar-refractivity contribution in [2.24, 2.45) is 15.8 Å². The summed E-state index contributed by atoms with van der Waals surface area (Å²) in [4.78, 5) is 14.4. The fourth-order valence-electron chi connectivity index (χ4n) is 3.71. The highest BCUT2D eigenvalue weighted by Gasteiger charge is 2.11. The van der Waals surface area contributed by atoms with Crippen LogP contribution in [0, 0.1) is 5.82 Å². The summed E-state index contributed by atoms with van der Waals surface area (Å²) in [5.41, 5.74) is 13.0. The minimum Gasteiger partial charge on any atom is -0.333 e. The molecule has 0 unspecified atom stereocenters. The number of hydrogen-bond acceptors (Lipinski definition) is 6. The molecule has 0 aliphatic carbocycles. The number of carbonyl (C=O) groups excluding carboxylic acids is 1. The fraction of sp³-hybridized carbons (Fsp3) is 0.250. The first-order valence-corrected chi connectivity index (χ1v) is 12.7. The maximum Gasteiger partial charge on any atom is 0.178 e. The number of rotatable bonds is 7. The van der Waals surface area contributed by atoms with Crippen molar-refractivity contribution in [1.29, 1.82) is 0 Å². The highest BCUT2D eigenvalue weighted by molar-refractivity contribution is 7.99. The summed E-state index contributed by atoms with van der Waals surface area (Å²) >= 11 is 2.04. The SMILES string of the molecule is C=N/C(=N\NCc1ccc(-c2cccc(CN3CCSCC3)c2)cc1)c1cccc(F)c1.C=O.CN. The van der Waals surface area contributed by atoms with Crippen molar-refractivity contribution in [2.75, 3.05) is 31.6 Å². The average molecular weight is 508 g/mol. The number of nitrogens with one attached hydrogen (secondary N) is 1. The van der Waals surface area contributed by atoms with Crippen LogP contribution in [-0.2, 0) is 17.9 Å². The van der Waals surface area contributed by atoms with Crippen molar-refractivity contribution >= 4 is 31.1 Å². The van der Waals surface area contributed by atoms with Crippen LogP contribution in [0.1, 0.15) is 16.7 Å². The summed E-state index contributed by atoms with van der Waals surface area (Å²) in [5, 5.41) is 4.26. The van der Waals surface area contributed by atoms with E-state index in [4.69, 9.17) is 4.79 Å². The van der Waals surface area contributed by atoms with Crippen molar-refractivity contribution < 1.29 is 9.18 Å². The second kappa shape index (κ2) is 16.4. The lowest BCUT2D eigenvalue weighted by atomic mass is 10.0. The van der Waals surface area contributed by atoms with Gasteiger partial charge in [0.1, 0.15) is 12.6 Å². The number of benzene rings is 3. The van der Waals surface area contributed by atoms with E-state index in [1.165, 1.54) is 60.5 Å². The molecule has 1 aliphatic rings. The Kier molecular flexibility index (Phi) is 13.1. The van der Waals surface area contributed by atoms with E-state index in [0.717, 1.165) is 12.1 Å². The zero-order chi connectivity index (χ0) is 26.2. The molecule has 3 aromatic carbocycles. The van der Waals surface area contributed by atoms with Gasteiger partial charge < -0.3 is 16.0 Å². The van der Waals surface area contributed by atoms with Crippen molar-refractivity contribution in [1.82, 2.24) is 10.3 Å². The molecule has 3 aromatic rings. The predicted molar refractivity (Wildman–Crippen MR) is 151 cm³/mol. The van der Waals surface area contributed by atoms with Gasteiger partial charge in [-0.1, -0.05) is 54.6 Å². The first-order chi connectivity index (χ1) is 17.7. The Morgan fingerprint density at radius 3 is 2.33 bits per heavy atom. The summed E-state index contributed by atoms with van der Waals surface area (Å²) in [5.74, 6) is 2.50. The molecule has 8 heteroatoms. The Hall–Kier alpha value is -3.33. The molecule has 1 heterocycles. The lowest BCUT2D eigenvalue weighted by Crippen LogP contribution is -2.31. The van der Waals surface area contributed by atoms with Crippen LogP contribution < -0.4 is 11.2 Å². The highest BCUT2D eigenvalue weighted by Crippen LogP contribution is 2.22. The van der Waals surface area contributed by atoms with E-state index in [2.05, 4.69) is 81.4 Å². The van der Waals surface area contributed by atoms with E-state index < -0.39 is 0 Å². The summed E-state index contributed by atoms with van der Waals surface area (Å²) in [7, 11) is 1.50. The second-order valence-electron chi connectivity index (χ2n) is 7.72. The molecule has 1 aliphatic heterocycles. The van der Waals surface area contributed by atoms with Crippen LogP contribution in [0.5, 0.6) is 0 Å². The molecule has 4 rings (SSSR count). The van der Waals surface area contributed by atoms with Gasteiger partial charge in [-0.25, -0.2) is 9.38 Å². The Labute approximate surface area is 217 Å². The Bertz CT molecular complexity index is 1100. The topological polar surface area (TPSA) is 83.1 Å². The third-order valence-corrected chi connectivity index (χ3v) is 6.37. The first kappa shape index (κ1) is 28.9. The van der Waals surface area contributed by atoms with Gasteiger partial charge in [-0.3, -0.25) is 4.90 Å². The molecule has 6 nitrogen and oxygen atoms in total. The number of carbonyl (C=O) groups is 1.